The summed E-state index contributed by atoms with van der Waals surface area (Å²) >= 11 is 11.8. The smallest absolute Gasteiger partial charge is 0.353 e. The van der Waals surface area contributed by atoms with Crippen LogP contribution < -0.4 is 10.2 Å². The van der Waals surface area contributed by atoms with Gasteiger partial charge in [-0.2, -0.15) is 13.2 Å². The van der Waals surface area contributed by atoms with E-state index in [1.54, 1.807) is 29.2 Å². The highest BCUT2D eigenvalue weighted by Gasteiger charge is 2.32. The first-order valence-corrected chi connectivity index (χ1v) is 9.04. The number of benzene rings is 1. The standard InChI is InChI=1S/C18H16Cl2F3N3O/c19-13-5-3-11(4-6-13)17(27)25-14-2-1-7-26(10-14)16-15(20)8-12(9-24-16)18(21,22)23/h3-6,8-9,14H,1-2,7,10H2,(H,25,27). The molecule has 1 fully saturated rings. The van der Waals surface area contributed by atoms with Crippen molar-refractivity contribution >= 4 is 34.9 Å². The lowest BCUT2D eigenvalue weighted by Crippen LogP contribution is -2.48. The molecule has 27 heavy (non-hydrogen) atoms. The third-order valence-electron chi connectivity index (χ3n) is 4.31. The Morgan fingerprint density at radius 3 is 2.56 bits per heavy atom. The Balaban J connectivity index is 1.69. The molecule has 0 saturated carbocycles. The number of nitrogens with zero attached hydrogens (tertiary/aromatic N) is 2. The largest absolute Gasteiger partial charge is 0.417 e. The third-order valence-corrected chi connectivity index (χ3v) is 4.84. The van der Waals surface area contributed by atoms with E-state index in [1.165, 1.54) is 0 Å². The molecule has 3 rings (SSSR count). The zero-order valence-corrected chi connectivity index (χ0v) is 15.6. The number of pyridine rings is 1. The Hall–Kier alpha value is -1.99. The molecule has 4 nitrogen and oxygen atoms in total. The number of rotatable bonds is 3. The SMILES string of the molecule is O=C(NC1CCCN(c2ncc(C(F)(F)F)cc2Cl)C1)c1ccc(Cl)cc1. The molecule has 1 unspecified atom stereocenters. The Morgan fingerprint density at radius 2 is 1.93 bits per heavy atom. The van der Waals surface area contributed by atoms with Crippen LogP contribution >= 0.6 is 23.2 Å². The van der Waals surface area contributed by atoms with Crippen LogP contribution in [0.2, 0.25) is 10.0 Å². The molecule has 0 spiro atoms. The molecule has 1 amide bonds. The Morgan fingerprint density at radius 1 is 1.22 bits per heavy atom. The van der Waals surface area contributed by atoms with Crippen LogP contribution in [0.1, 0.15) is 28.8 Å². The van der Waals surface area contributed by atoms with Crippen LogP contribution in [0.4, 0.5) is 19.0 Å². The number of hydrogen-bond donors (Lipinski definition) is 1. The predicted octanol–water partition coefficient (Wildman–Crippen LogP) is 4.81. The molecule has 144 valence electrons. The second kappa shape index (κ2) is 7.94. The van der Waals surface area contributed by atoms with E-state index >= 15 is 0 Å². The number of piperidine rings is 1. The van der Waals surface area contributed by atoms with Gasteiger partial charge in [0.1, 0.15) is 5.82 Å². The Kier molecular flexibility index (Phi) is 5.81. The van der Waals surface area contributed by atoms with Gasteiger partial charge < -0.3 is 10.2 Å². The quantitative estimate of drug-likeness (QED) is 0.779. The van der Waals surface area contributed by atoms with Crippen LogP contribution in [0.5, 0.6) is 0 Å². The lowest BCUT2D eigenvalue weighted by atomic mass is 10.0. The maximum absolute atomic E-state index is 12.8. The van der Waals surface area contributed by atoms with E-state index in [-0.39, 0.29) is 22.8 Å². The topological polar surface area (TPSA) is 45.2 Å². The summed E-state index contributed by atoms with van der Waals surface area (Å²) < 4.78 is 38.3. The minimum atomic E-state index is -4.49. The van der Waals surface area contributed by atoms with Crippen molar-refractivity contribution in [3.63, 3.8) is 0 Å². The van der Waals surface area contributed by atoms with Crippen molar-refractivity contribution in [2.75, 3.05) is 18.0 Å². The molecule has 1 aromatic heterocycles. The fourth-order valence-electron chi connectivity index (χ4n) is 2.98. The van der Waals surface area contributed by atoms with E-state index in [9.17, 15) is 18.0 Å². The summed E-state index contributed by atoms with van der Waals surface area (Å²) in [5, 5.41) is 3.41. The summed E-state index contributed by atoms with van der Waals surface area (Å²) in [5.74, 6) is 0.0556. The molecule has 1 saturated heterocycles. The number of hydrogen-bond acceptors (Lipinski definition) is 3. The summed E-state index contributed by atoms with van der Waals surface area (Å²) in [4.78, 5) is 18.0. The van der Waals surface area contributed by atoms with E-state index in [4.69, 9.17) is 23.2 Å². The summed E-state index contributed by atoms with van der Waals surface area (Å²) in [6.45, 7) is 1.02. The first-order valence-electron chi connectivity index (χ1n) is 8.28. The van der Waals surface area contributed by atoms with Gasteiger partial charge in [-0.15, -0.1) is 0 Å². The zero-order chi connectivity index (χ0) is 19.6. The summed E-state index contributed by atoms with van der Waals surface area (Å²) in [7, 11) is 0. The number of nitrogens with one attached hydrogen (secondary N) is 1. The summed E-state index contributed by atoms with van der Waals surface area (Å²) in [6.07, 6.45) is -2.21. The van der Waals surface area contributed by atoms with Gasteiger partial charge in [0.2, 0.25) is 0 Å². The van der Waals surface area contributed by atoms with Crippen molar-refractivity contribution in [1.82, 2.24) is 10.3 Å². The van der Waals surface area contributed by atoms with Crippen LogP contribution in [0.3, 0.4) is 0 Å². The van der Waals surface area contributed by atoms with Gasteiger partial charge in [-0.1, -0.05) is 23.2 Å². The van der Waals surface area contributed by atoms with Crippen molar-refractivity contribution in [3.8, 4) is 0 Å². The van der Waals surface area contributed by atoms with Gasteiger partial charge in [0.05, 0.1) is 10.6 Å². The third kappa shape index (κ3) is 4.84. The van der Waals surface area contributed by atoms with E-state index in [0.717, 1.165) is 25.1 Å². The molecule has 1 aliphatic heterocycles. The van der Waals surface area contributed by atoms with Crippen LogP contribution in [0, 0.1) is 0 Å². The molecule has 1 atom stereocenters. The molecule has 1 aliphatic rings. The van der Waals surface area contributed by atoms with Gasteiger partial charge in [0, 0.05) is 35.9 Å². The average molecular weight is 418 g/mol. The maximum atomic E-state index is 12.8. The number of carbonyl (C=O) groups is 1. The van der Waals surface area contributed by atoms with Crippen molar-refractivity contribution in [1.29, 1.82) is 0 Å². The van der Waals surface area contributed by atoms with Crippen LogP contribution in [0.25, 0.3) is 0 Å². The van der Waals surface area contributed by atoms with Crippen molar-refractivity contribution in [2.24, 2.45) is 0 Å². The van der Waals surface area contributed by atoms with Gasteiger partial charge >= 0.3 is 6.18 Å². The van der Waals surface area contributed by atoms with E-state index in [2.05, 4.69) is 10.3 Å². The van der Waals surface area contributed by atoms with Crippen molar-refractivity contribution in [2.45, 2.75) is 25.1 Å². The Bertz CT molecular complexity index is 828. The van der Waals surface area contributed by atoms with Crippen LogP contribution in [0.15, 0.2) is 36.5 Å². The van der Waals surface area contributed by atoms with Gasteiger partial charge in [-0.3, -0.25) is 4.79 Å². The van der Waals surface area contributed by atoms with E-state index in [0.29, 0.717) is 23.7 Å². The molecule has 2 heterocycles. The van der Waals surface area contributed by atoms with E-state index in [1.807, 2.05) is 0 Å². The first-order chi connectivity index (χ1) is 12.7. The first kappa shape index (κ1) is 19.8. The number of amides is 1. The number of carbonyl (C=O) groups excluding carboxylic acids is 1. The van der Waals surface area contributed by atoms with Gasteiger partial charge in [-0.25, -0.2) is 4.98 Å². The fraction of sp³-hybridized carbons (Fsp3) is 0.333. The number of anilines is 1. The molecule has 0 radical (unpaired) electrons. The molecule has 9 heteroatoms. The highest BCUT2D eigenvalue weighted by atomic mass is 35.5. The molecule has 1 N–H and O–H groups in total. The molecule has 1 aromatic carbocycles. The second-order valence-electron chi connectivity index (χ2n) is 6.29. The zero-order valence-electron chi connectivity index (χ0n) is 14.1. The van der Waals surface area contributed by atoms with Crippen molar-refractivity contribution in [3.05, 3.63) is 57.7 Å². The maximum Gasteiger partial charge on any atom is 0.417 e. The van der Waals surface area contributed by atoms with Gasteiger partial charge in [0.25, 0.3) is 5.91 Å². The highest BCUT2D eigenvalue weighted by Crippen LogP contribution is 2.34. The molecule has 0 bridgehead atoms. The normalized spacial score (nSPS) is 17.7. The van der Waals surface area contributed by atoms with E-state index < -0.39 is 11.7 Å². The summed E-state index contributed by atoms with van der Waals surface area (Å²) in [6, 6.07) is 7.24. The lowest BCUT2D eigenvalue weighted by Gasteiger charge is -2.34. The Labute approximate surface area is 164 Å². The number of halogens is 5. The number of alkyl halides is 3. The summed E-state index contributed by atoms with van der Waals surface area (Å²) in [5.41, 5.74) is -0.400. The fourth-order valence-corrected chi connectivity index (χ4v) is 3.39. The minimum Gasteiger partial charge on any atom is -0.353 e. The monoisotopic (exact) mass is 417 g/mol. The van der Waals surface area contributed by atoms with Gasteiger partial charge in [-0.05, 0) is 43.2 Å². The van der Waals surface area contributed by atoms with Crippen LogP contribution in [-0.4, -0.2) is 30.0 Å². The molecular weight excluding hydrogens is 402 g/mol. The average Bonchev–Trinajstić information content (AvgIpc) is 2.61. The van der Waals surface area contributed by atoms with Gasteiger partial charge in [0.15, 0.2) is 0 Å². The van der Waals surface area contributed by atoms with Crippen LogP contribution in [-0.2, 0) is 6.18 Å². The lowest BCUT2D eigenvalue weighted by molar-refractivity contribution is -0.137. The molecule has 2 aromatic rings. The molecule has 0 aliphatic carbocycles. The highest BCUT2D eigenvalue weighted by molar-refractivity contribution is 6.33. The number of aromatic nitrogens is 1. The molecular formula is C18H16Cl2F3N3O. The van der Waals surface area contributed by atoms with Crippen molar-refractivity contribution < 1.29 is 18.0 Å². The second-order valence-corrected chi connectivity index (χ2v) is 7.14. The predicted molar refractivity (Wildman–Crippen MR) is 98.4 cm³/mol. The minimum absolute atomic E-state index is 0.0606.